The van der Waals surface area contributed by atoms with Gasteiger partial charge in [-0.15, -0.1) is 5.10 Å². The summed E-state index contributed by atoms with van der Waals surface area (Å²) in [4.78, 5) is 14.1. The summed E-state index contributed by atoms with van der Waals surface area (Å²) in [6.07, 6.45) is 3.01. The smallest absolute Gasteiger partial charge is 0.275 e. The molecule has 114 valence electrons. The molecule has 0 aliphatic carbocycles. The van der Waals surface area contributed by atoms with Crippen LogP contribution in [-0.2, 0) is 0 Å². The van der Waals surface area contributed by atoms with E-state index in [9.17, 15) is 4.79 Å². The predicted molar refractivity (Wildman–Crippen MR) is 92.4 cm³/mol. The van der Waals surface area contributed by atoms with E-state index in [1.165, 1.54) is 33.4 Å². The molecule has 0 radical (unpaired) electrons. The number of amides is 1. The molecule has 1 aliphatic heterocycles. The topological polar surface area (TPSA) is 46.1 Å². The second-order valence-electron chi connectivity index (χ2n) is 5.55. The van der Waals surface area contributed by atoms with Gasteiger partial charge in [0.25, 0.3) is 5.91 Å². The summed E-state index contributed by atoms with van der Waals surface area (Å²) in [6.45, 7) is 1.33. The average Bonchev–Trinajstić information content (AvgIpc) is 3.15. The fraction of sp³-hybridized carbons (Fsp3) is 0.167. The lowest BCUT2D eigenvalue weighted by Crippen LogP contribution is -2.34. The lowest BCUT2D eigenvalue weighted by atomic mass is 9.94. The third-order valence-corrected chi connectivity index (χ3v) is 4.72. The molecule has 0 fully saturated rings. The molecule has 3 aromatic rings. The molecule has 1 amide bonds. The zero-order valence-corrected chi connectivity index (χ0v) is 13.3. The minimum atomic E-state index is -0.0352. The Bertz CT molecular complexity index is 881. The van der Waals surface area contributed by atoms with Crippen molar-refractivity contribution >= 4 is 33.8 Å². The van der Waals surface area contributed by atoms with Crippen molar-refractivity contribution in [2.45, 2.75) is 6.42 Å². The Hall–Kier alpha value is -2.53. The van der Waals surface area contributed by atoms with Gasteiger partial charge in [0.2, 0.25) is 0 Å². The van der Waals surface area contributed by atoms with Crippen LogP contribution in [0.15, 0.2) is 53.9 Å². The number of carbonyl (C=O) groups is 1. The van der Waals surface area contributed by atoms with Crippen molar-refractivity contribution in [2.75, 3.05) is 13.1 Å². The maximum absolute atomic E-state index is 12.3. The van der Waals surface area contributed by atoms with E-state index < -0.39 is 0 Å². The molecule has 0 spiro atoms. The monoisotopic (exact) mass is 321 g/mol. The van der Waals surface area contributed by atoms with Gasteiger partial charge in [0, 0.05) is 18.5 Å². The van der Waals surface area contributed by atoms with Crippen molar-refractivity contribution in [3.8, 4) is 0 Å². The Kier molecular flexibility index (Phi) is 3.63. The van der Waals surface area contributed by atoms with Crippen LogP contribution in [0.2, 0.25) is 0 Å². The molecule has 1 aliphatic rings. The van der Waals surface area contributed by atoms with Gasteiger partial charge in [-0.1, -0.05) is 53.0 Å². The van der Waals surface area contributed by atoms with E-state index in [-0.39, 0.29) is 5.91 Å². The van der Waals surface area contributed by atoms with Crippen molar-refractivity contribution in [1.82, 2.24) is 14.5 Å². The maximum atomic E-state index is 12.3. The summed E-state index contributed by atoms with van der Waals surface area (Å²) in [5.41, 5.74) is 3.02. The first kappa shape index (κ1) is 14.1. The normalized spacial score (nSPS) is 14.8. The van der Waals surface area contributed by atoms with Gasteiger partial charge in [-0.2, -0.15) is 0 Å². The molecule has 4 rings (SSSR count). The molecule has 5 heteroatoms. The number of rotatable bonds is 2. The van der Waals surface area contributed by atoms with E-state index in [0.717, 1.165) is 6.42 Å². The van der Waals surface area contributed by atoms with E-state index in [0.29, 0.717) is 18.8 Å². The molecule has 0 atom stereocenters. The number of carbonyl (C=O) groups excluding carboxylic acids is 1. The van der Waals surface area contributed by atoms with Gasteiger partial charge in [0.05, 0.1) is 0 Å². The summed E-state index contributed by atoms with van der Waals surface area (Å²) < 4.78 is 3.76. The number of benzene rings is 2. The van der Waals surface area contributed by atoms with Gasteiger partial charge < -0.3 is 4.90 Å². The molecule has 2 aromatic carbocycles. The van der Waals surface area contributed by atoms with Crippen LogP contribution < -0.4 is 0 Å². The third-order valence-electron chi connectivity index (χ3n) is 4.21. The van der Waals surface area contributed by atoms with Gasteiger partial charge in [-0.05, 0) is 39.9 Å². The molecule has 0 saturated carbocycles. The van der Waals surface area contributed by atoms with E-state index in [1.807, 2.05) is 4.90 Å². The second kappa shape index (κ2) is 5.93. The first-order valence-corrected chi connectivity index (χ1v) is 8.40. The van der Waals surface area contributed by atoms with Crippen LogP contribution in [0.3, 0.4) is 0 Å². The largest absolute Gasteiger partial charge is 0.333 e. The van der Waals surface area contributed by atoms with Crippen molar-refractivity contribution in [1.29, 1.82) is 0 Å². The predicted octanol–water partition coefficient (Wildman–Crippen LogP) is 3.62. The first-order valence-electron chi connectivity index (χ1n) is 7.56. The number of nitrogens with zero attached hydrogens (tertiary/aromatic N) is 3. The molecule has 1 aromatic heterocycles. The molecular formula is C18H15N3OS. The van der Waals surface area contributed by atoms with Crippen molar-refractivity contribution < 1.29 is 4.79 Å². The van der Waals surface area contributed by atoms with Crippen LogP contribution in [0.1, 0.15) is 22.5 Å². The van der Waals surface area contributed by atoms with E-state index in [1.54, 1.807) is 5.38 Å². The van der Waals surface area contributed by atoms with Gasteiger partial charge in [-0.3, -0.25) is 4.79 Å². The van der Waals surface area contributed by atoms with E-state index >= 15 is 0 Å². The number of fused-ring (bicyclic) bond motifs is 1. The van der Waals surface area contributed by atoms with Gasteiger partial charge in [0.1, 0.15) is 0 Å². The van der Waals surface area contributed by atoms with Crippen LogP contribution in [0, 0.1) is 0 Å². The highest BCUT2D eigenvalue weighted by Gasteiger charge is 2.21. The van der Waals surface area contributed by atoms with E-state index in [2.05, 4.69) is 58.1 Å². The van der Waals surface area contributed by atoms with Gasteiger partial charge in [0.15, 0.2) is 5.69 Å². The Morgan fingerprint density at radius 2 is 2.00 bits per heavy atom. The molecule has 23 heavy (non-hydrogen) atoms. The Labute approximate surface area is 138 Å². The summed E-state index contributed by atoms with van der Waals surface area (Å²) in [5, 5.41) is 8.08. The van der Waals surface area contributed by atoms with Crippen LogP contribution in [0.25, 0.3) is 16.3 Å². The van der Waals surface area contributed by atoms with E-state index in [4.69, 9.17) is 0 Å². The standard InChI is InChI=1S/C18H15N3OS/c22-18(17-12-23-20-19-17)21-10-8-14(9-11-21)16-7-3-5-13-4-1-2-6-15(13)16/h1-8,12H,9-11H2. The quantitative estimate of drug-likeness (QED) is 0.724. The summed E-state index contributed by atoms with van der Waals surface area (Å²) in [5.74, 6) is -0.0352. The number of hydrogen-bond acceptors (Lipinski definition) is 4. The lowest BCUT2D eigenvalue weighted by Gasteiger charge is -2.26. The molecule has 2 heterocycles. The summed E-state index contributed by atoms with van der Waals surface area (Å²) >= 11 is 1.21. The number of hydrogen-bond donors (Lipinski definition) is 0. The number of aromatic nitrogens is 2. The van der Waals surface area contributed by atoms with Crippen molar-refractivity contribution in [2.24, 2.45) is 0 Å². The molecule has 0 unspecified atom stereocenters. The Morgan fingerprint density at radius 1 is 1.13 bits per heavy atom. The molecule has 0 bridgehead atoms. The Balaban J connectivity index is 1.61. The molecule has 4 nitrogen and oxygen atoms in total. The van der Waals surface area contributed by atoms with Crippen LogP contribution >= 0.6 is 11.5 Å². The molecule has 0 saturated heterocycles. The fourth-order valence-corrected chi connectivity index (χ4v) is 3.45. The Morgan fingerprint density at radius 3 is 2.78 bits per heavy atom. The molecule has 0 N–H and O–H groups in total. The summed E-state index contributed by atoms with van der Waals surface area (Å²) in [7, 11) is 0. The van der Waals surface area contributed by atoms with Crippen molar-refractivity contribution in [3.05, 3.63) is 65.2 Å². The average molecular weight is 321 g/mol. The SMILES string of the molecule is O=C(c1csnn1)N1CC=C(c2cccc3ccccc23)CC1. The second-order valence-corrected chi connectivity index (χ2v) is 6.16. The highest BCUT2D eigenvalue weighted by Crippen LogP contribution is 2.29. The van der Waals surface area contributed by atoms with Crippen LogP contribution in [0.5, 0.6) is 0 Å². The maximum Gasteiger partial charge on any atom is 0.275 e. The summed E-state index contributed by atoms with van der Waals surface area (Å²) in [6, 6.07) is 14.8. The minimum absolute atomic E-state index is 0.0352. The fourth-order valence-electron chi connectivity index (χ4n) is 3.02. The third kappa shape index (κ3) is 2.64. The van der Waals surface area contributed by atoms with Crippen molar-refractivity contribution in [3.63, 3.8) is 0 Å². The highest BCUT2D eigenvalue weighted by molar-refractivity contribution is 7.03. The molecular weight excluding hydrogens is 306 g/mol. The van der Waals surface area contributed by atoms with Gasteiger partial charge >= 0.3 is 0 Å². The van der Waals surface area contributed by atoms with Gasteiger partial charge in [-0.25, -0.2) is 0 Å². The van der Waals surface area contributed by atoms with Crippen LogP contribution in [0.4, 0.5) is 0 Å². The lowest BCUT2D eigenvalue weighted by molar-refractivity contribution is 0.0767. The zero-order chi connectivity index (χ0) is 15.6. The first-order chi connectivity index (χ1) is 11.3. The highest BCUT2D eigenvalue weighted by atomic mass is 32.1. The zero-order valence-electron chi connectivity index (χ0n) is 12.5. The minimum Gasteiger partial charge on any atom is -0.333 e. The van der Waals surface area contributed by atoms with Crippen LogP contribution in [-0.4, -0.2) is 33.5 Å².